The molecule has 0 aliphatic carbocycles. The van der Waals surface area contributed by atoms with Gasteiger partial charge in [0.2, 0.25) is 0 Å². The van der Waals surface area contributed by atoms with Gasteiger partial charge in [0.05, 0.1) is 12.1 Å². The topological polar surface area (TPSA) is 29.8 Å². The molecule has 0 saturated carbocycles. The molecule has 0 saturated heterocycles. The van der Waals surface area contributed by atoms with Gasteiger partial charge in [0.15, 0.2) is 0 Å². The van der Waals surface area contributed by atoms with Crippen LogP contribution in [-0.4, -0.2) is 35.8 Å². The van der Waals surface area contributed by atoms with Crippen LogP contribution in [0.15, 0.2) is 35.5 Å². The van der Waals surface area contributed by atoms with Crippen LogP contribution < -0.4 is 9.64 Å². The lowest BCUT2D eigenvalue weighted by Crippen LogP contribution is -2.26. The van der Waals surface area contributed by atoms with Crippen LogP contribution in [-0.2, 0) is 0 Å². The van der Waals surface area contributed by atoms with Crippen molar-refractivity contribution in [2.24, 2.45) is 0 Å². The Bertz CT molecular complexity index is 964. The molecule has 0 aliphatic rings. The van der Waals surface area contributed by atoms with E-state index in [-0.39, 0.29) is 0 Å². The summed E-state index contributed by atoms with van der Waals surface area (Å²) >= 11 is 8.34. The average molecular weight is 418 g/mol. The van der Waals surface area contributed by atoms with Crippen molar-refractivity contribution in [3.05, 3.63) is 41.0 Å². The molecule has 0 spiro atoms. The Morgan fingerprint density at radius 3 is 2.54 bits per heavy atom. The van der Waals surface area contributed by atoms with Gasteiger partial charge < -0.3 is 9.64 Å². The van der Waals surface area contributed by atoms with Crippen LogP contribution in [0.4, 0.5) is 5.82 Å². The zero-order valence-electron chi connectivity index (χ0n) is 17.3. The Kier molecular flexibility index (Phi) is 6.78. The largest absolute Gasteiger partial charge is 0.496 e. The highest BCUT2D eigenvalue weighted by Crippen LogP contribution is 2.41. The van der Waals surface area contributed by atoms with E-state index in [0.717, 1.165) is 64.9 Å². The molecule has 28 heavy (non-hydrogen) atoms. The molecular weight excluding hydrogens is 390 g/mol. The second kappa shape index (κ2) is 9.10. The molecule has 0 N–H and O–H groups in total. The van der Waals surface area contributed by atoms with Gasteiger partial charge in [-0.25, -0.2) is 4.98 Å². The number of hydrogen-bond acceptors (Lipinski definition) is 4. The first kappa shape index (κ1) is 20.9. The lowest BCUT2D eigenvalue weighted by molar-refractivity contribution is 0.416. The monoisotopic (exact) mass is 417 g/mol. The average Bonchev–Trinajstić information content (AvgIpc) is 3.06. The molecule has 2 aromatic heterocycles. The van der Waals surface area contributed by atoms with Crippen molar-refractivity contribution in [3.8, 4) is 16.9 Å². The van der Waals surface area contributed by atoms with Crippen LogP contribution in [0.5, 0.6) is 5.75 Å². The number of imidazole rings is 1. The number of methoxy groups -OCH3 is 1. The number of rotatable bonds is 8. The van der Waals surface area contributed by atoms with Gasteiger partial charge in [-0.3, -0.25) is 4.40 Å². The van der Waals surface area contributed by atoms with E-state index in [4.69, 9.17) is 21.3 Å². The molecule has 0 amide bonds. The third-order valence-corrected chi connectivity index (χ3v) is 5.72. The minimum absolute atomic E-state index is 0.680. The standard InChI is InChI=1S/C22H28ClN3OS/c1-6-10-25(11-7-2)22-21(28-5)24-20-16(9-8-12-26(20)22)19-17(23)13-15(3)14-18(19)27-4/h8-9,12-14H,6-7,10-11H2,1-5H3. The van der Waals surface area contributed by atoms with Gasteiger partial charge in [-0.15, -0.1) is 11.8 Å². The smallest absolute Gasteiger partial charge is 0.147 e. The molecule has 2 heterocycles. The summed E-state index contributed by atoms with van der Waals surface area (Å²) in [5.41, 5.74) is 3.85. The second-order valence-corrected chi connectivity index (χ2v) is 8.07. The van der Waals surface area contributed by atoms with E-state index in [2.05, 4.69) is 47.7 Å². The maximum Gasteiger partial charge on any atom is 0.147 e. The van der Waals surface area contributed by atoms with Crippen LogP contribution in [0.1, 0.15) is 32.3 Å². The Morgan fingerprint density at radius 1 is 1.21 bits per heavy atom. The number of nitrogens with zero attached hydrogens (tertiary/aromatic N) is 3. The number of aromatic nitrogens is 2. The molecule has 0 aliphatic heterocycles. The van der Waals surface area contributed by atoms with Crippen LogP contribution in [0.3, 0.4) is 0 Å². The molecule has 0 radical (unpaired) electrons. The molecule has 0 atom stereocenters. The van der Waals surface area contributed by atoms with E-state index in [1.165, 1.54) is 0 Å². The SMILES string of the molecule is CCCN(CCC)c1c(SC)nc2c(-c3c(Cl)cc(C)cc3OC)cccn12. The summed E-state index contributed by atoms with van der Waals surface area (Å²) < 4.78 is 7.86. The number of thioether (sulfide) groups is 1. The van der Waals surface area contributed by atoms with Crippen molar-refractivity contribution < 1.29 is 4.74 Å². The fraction of sp³-hybridized carbons (Fsp3) is 0.409. The number of aryl methyl sites for hydroxylation is 1. The molecule has 3 rings (SSSR count). The molecule has 0 fully saturated rings. The minimum Gasteiger partial charge on any atom is -0.496 e. The molecule has 1 aromatic carbocycles. The summed E-state index contributed by atoms with van der Waals surface area (Å²) in [6, 6.07) is 8.12. The van der Waals surface area contributed by atoms with Gasteiger partial charge in [0.1, 0.15) is 22.2 Å². The Labute approximate surface area is 176 Å². The van der Waals surface area contributed by atoms with E-state index < -0.39 is 0 Å². The summed E-state index contributed by atoms with van der Waals surface area (Å²) in [6.45, 7) is 8.47. The highest BCUT2D eigenvalue weighted by Gasteiger charge is 2.22. The van der Waals surface area contributed by atoms with Gasteiger partial charge in [0.25, 0.3) is 0 Å². The van der Waals surface area contributed by atoms with Crippen LogP contribution in [0.25, 0.3) is 16.8 Å². The number of pyridine rings is 1. The minimum atomic E-state index is 0.680. The van der Waals surface area contributed by atoms with Crippen LogP contribution in [0, 0.1) is 6.92 Å². The fourth-order valence-electron chi connectivity index (χ4n) is 3.65. The number of fused-ring (bicyclic) bond motifs is 1. The molecular formula is C22H28ClN3OS. The normalized spacial score (nSPS) is 11.2. The number of anilines is 1. The molecule has 150 valence electrons. The Hall–Kier alpha value is -1.85. The third-order valence-electron chi connectivity index (χ3n) is 4.76. The maximum atomic E-state index is 6.66. The van der Waals surface area contributed by atoms with Gasteiger partial charge in [-0.2, -0.15) is 0 Å². The van der Waals surface area contributed by atoms with Gasteiger partial charge in [-0.1, -0.05) is 25.4 Å². The van der Waals surface area contributed by atoms with E-state index in [9.17, 15) is 0 Å². The molecule has 6 heteroatoms. The Balaban J connectivity index is 2.29. The summed E-state index contributed by atoms with van der Waals surface area (Å²) in [4.78, 5) is 7.44. The van der Waals surface area contributed by atoms with Crippen molar-refractivity contribution >= 4 is 34.8 Å². The first-order valence-corrected chi connectivity index (χ1v) is 11.3. The van der Waals surface area contributed by atoms with Crippen molar-refractivity contribution in [2.75, 3.05) is 31.4 Å². The van der Waals surface area contributed by atoms with Crippen molar-refractivity contribution in [1.29, 1.82) is 0 Å². The quantitative estimate of drug-likeness (QED) is 0.401. The first-order valence-electron chi connectivity index (χ1n) is 9.70. The zero-order valence-corrected chi connectivity index (χ0v) is 18.8. The van der Waals surface area contributed by atoms with Crippen molar-refractivity contribution in [1.82, 2.24) is 9.38 Å². The van der Waals surface area contributed by atoms with Crippen molar-refractivity contribution in [2.45, 2.75) is 38.6 Å². The maximum absolute atomic E-state index is 6.66. The zero-order chi connectivity index (χ0) is 20.3. The lowest BCUT2D eigenvalue weighted by Gasteiger charge is -2.24. The summed E-state index contributed by atoms with van der Waals surface area (Å²) in [5, 5.41) is 1.72. The lowest BCUT2D eigenvalue weighted by atomic mass is 10.0. The molecule has 3 aromatic rings. The Morgan fingerprint density at radius 2 is 1.93 bits per heavy atom. The van der Waals surface area contributed by atoms with Gasteiger partial charge in [-0.05, 0) is 55.9 Å². The second-order valence-electron chi connectivity index (χ2n) is 6.87. The number of halogens is 1. The molecule has 4 nitrogen and oxygen atoms in total. The predicted molar refractivity (Wildman–Crippen MR) is 122 cm³/mol. The number of ether oxygens (including phenoxy) is 1. The van der Waals surface area contributed by atoms with Crippen LogP contribution in [0.2, 0.25) is 5.02 Å². The first-order chi connectivity index (χ1) is 13.5. The summed E-state index contributed by atoms with van der Waals surface area (Å²) in [7, 11) is 1.68. The van der Waals surface area contributed by atoms with E-state index in [1.54, 1.807) is 18.9 Å². The number of hydrogen-bond donors (Lipinski definition) is 0. The van der Waals surface area contributed by atoms with E-state index in [1.807, 2.05) is 19.1 Å². The highest BCUT2D eigenvalue weighted by atomic mass is 35.5. The summed E-state index contributed by atoms with van der Waals surface area (Å²) in [5.74, 6) is 1.93. The van der Waals surface area contributed by atoms with Gasteiger partial charge in [0, 0.05) is 30.4 Å². The van der Waals surface area contributed by atoms with Gasteiger partial charge >= 0.3 is 0 Å². The molecule has 0 unspecified atom stereocenters. The fourth-order valence-corrected chi connectivity index (χ4v) is 4.61. The van der Waals surface area contributed by atoms with E-state index >= 15 is 0 Å². The summed E-state index contributed by atoms with van der Waals surface area (Å²) in [6.07, 6.45) is 6.37. The predicted octanol–water partition coefficient (Wildman–Crippen LogP) is 6.32. The number of benzene rings is 1. The highest BCUT2D eigenvalue weighted by molar-refractivity contribution is 7.98. The molecule has 0 bridgehead atoms. The van der Waals surface area contributed by atoms with E-state index in [0.29, 0.717) is 5.02 Å². The van der Waals surface area contributed by atoms with Crippen molar-refractivity contribution in [3.63, 3.8) is 0 Å². The third kappa shape index (κ3) is 3.83. The van der Waals surface area contributed by atoms with Crippen LogP contribution >= 0.6 is 23.4 Å².